The van der Waals surface area contributed by atoms with Gasteiger partial charge in [0.15, 0.2) is 0 Å². The minimum atomic E-state index is 0.115. The average molecular weight is 273 g/mol. The summed E-state index contributed by atoms with van der Waals surface area (Å²) < 4.78 is 0. The molecule has 3 heteroatoms. The van der Waals surface area contributed by atoms with Gasteiger partial charge >= 0.3 is 0 Å². The third kappa shape index (κ3) is 3.93. The molecular weight excluding hydrogens is 254 g/mol. The highest BCUT2D eigenvalue weighted by Crippen LogP contribution is 2.19. The fraction of sp³-hybridized carbons (Fsp3) is 0.312. The molecule has 100 valence electrons. The first-order chi connectivity index (χ1) is 9.16. The molecule has 1 N–H and O–H groups in total. The first kappa shape index (κ1) is 13.8. The molecule has 1 atom stereocenters. The van der Waals surface area contributed by atoms with Gasteiger partial charge in [0.2, 0.25) is 5.91 Å². The summed E-state index contributed by atoms with van der Waals surface area (Å²) in [7, 11) is 0. The van der Waals surface area contributed by atoms with Crippen molar-refractivity contribution in [2.24, 2.45) is 0 Å². The summed E-state index contributed by atoms with van der Waals surface area (Å²) in [6.45, 7) is 4.81. The van der Waals surface area contributed by atoms with Crippen molar-refractivity contribution >= 4 is 17.2 Å². The highest BCUT2D eigenvalue weighted by atomic mass is 32.1. The molecule has 1 unspecified atom stereocenters. The van der Waals surface area contributed by atoms with Crippen LogP contribution in [0.2, 0.25) is 0 Å². The Morgan fingerprint density at radius 3 is 2.63 bits per heavy atom. The number of hydrogen-bond acceptors (Lipinski definition) is 2. The Labute approximate surface area is 118 Å². The molecule has 0 fully saturated rings. The van der Waals surface area contributed by atoms with E-state index in [2.05, 4.69) is 42.7 Å². The van der Waals surface area contributed by atoms with Crippen LogP contribution in [0.25, 0.3) is 0 Å². The van der Waals surface area contributed by atoms with Gasteiger partial charge in [-0.3, -0.25) is 4.79 Å². The second-order valence-electron chi connectivity index (χ2n) is 4.82. The minimum absolute atomic E-state index is 0.115. The number of carbonyl (C=O) groups is 1. The van der Waals surface area contributed by atoms with Crippen LogP contribution >= 0.6 is 11.3 Å². The highest BCUT2D eigenvalue weighted by Gasteiger charge is 2.11. The first-order valence-corrected chi connectivity index (χ1v) is 7.39. The first-order valence-electron chi connectivity index (χ1n) is 6.51. The highest BCUT2D eigenvalue weighted by molar-refractivity contribution is 7.10. The Bertz CT molecular complexity index is 533. The van der Waals surface area contributed by atoms with Gasteiger partial charge in [0, 0.05) is 11.3 Å². The summed E-state index contributed by atoms with van der Waals surface area (Å²) in [5.74, 6) is 0.370. The van der Waals surface area contributed by atoms with Gasteiger partial charge in [-0.25, -0.2) is 0 Å². The van der Waals surface area contributed by atoms with Crippen LogP contribution in [0.4, 0.5) is 0 Å². The molecule has 1 aromatic heterocycles. The number of carbonyl (C=O) groups excluding carboxylic acids is 1. The van der Waals surface area contributed by atoms with E-state index in [4.69, 9.17) is 0 Å². The third-order valence-electron chi connectivity index (χ3n) is 3.27. The van der Waals surface area contributed by atoms with Crippen LogP contribution in [0, 0.1) is 6.92 Å². The zero-order valence-electron chi connectivity index (χ0n) is 11.3. The Kier molecular flexibility index (Phi) is 4.74. The largest absolute Gasteiger partial charge is 0.351 e. The summed E-state index contributed by atoms with van der Waals surface area (Å²) in [6, 6.07) is 12.2. The van der Waals surface area contributed by atoms with Crippen molar-refractivity contribution < 1.29 is 4.79 Å². The molecule has 1 aromatic carbocycles. The van der Waals surface area contributed by atoms with E-state index in [-0.39, 0.29) is 11.8 Å². The molecule has 1 amide bonds. The van der Waals surface area contributed by atoms with E-state index in [0.717, 1.165) is 0 Å². The van der Waals surface area contributed by atoms with Gasteiger partial charge in [-0.2, -0.15) is 0 Å². The van der Waals surface area contributed by atoms with E-state index in [0.29, 0.717) is 13.0 Å². The van der Waals surface area contributed by atoms with Crippen molar-refractivity contribution in [2.45, 2.75) is 32.7 Å². The monoisotopic (exact) mass is 273 g/mol. The number of amides is 1. The maximum atomic E-state index is 11.9. The van der Waals surface area contributed by atoms with Crippen molar-refractivity contribution in [1.29, 1.82) is 0 Å². The SMILES string of the molecule is Cc1ccsc1CNC(=O)CC(C)c1ccccc1. The molecule has 0 saturated carbocycles. The summed E-state index contributed by atoms with van der Waals surface area (Å²) in [5, 5.41) is 5.06. The van der Waals surface area contributed by atoms with E-state index in [1.54, 1.807) is 11.3 Å². The number of rotatable bonds is 5. The molecule has 0 radical (unpaired) electrons. The Balaban J connectivity index is 1.83. The predicted molar refractivity (Wildman–Crippen MR) is 80.4 cm³/mol. The zero-order valence-corrected chi connectivity index (χ0v) is 12.2. The van der Waals surface area contributed by atoms with E-state index in [9.17, 15) is 4.79 Å². The molecule has 2 rings (SSSR count). The molecule has 0 saturated heterocycles. The van der Waals surface area contributed by atoms with Crippen LogP contribution in [-0.2, 0) is 11.3 Å². The molecule has 1 heterocycles. The lowest BCUT2D eigenvalue weighted by molar-refractivity contribution is -0.121. The van der Waals surface area contributed by atoms with Crippen molar-refractivity contribution in [1.82, 2.24) is 5.32 Å². The molecule has 2 aromatic rings. The summed E-state index contributed by atoms with van der Waals surface area (Å²) in [6.07, 6.45) is 0.536. The molecule has 0 bridgehead atoms. The molecule has 0 spiro atoms. The minimum Gasteiger partial charge on any atom is -0.351 e. The lowest BCUT2D eigenvalue weighted by Crippen LogP contribution is -2.23. The molecule has 0 aliphatic carbocycles. The maximum Gasteiger partial charge on any atom is 0.220 e. The summed E-state index contributed by atoms with van der Waals surface area (Å²) in [4.78, 5) is 13.2. The van der Waals surface area contributed by atoms with Gasteiger partial charge in [0.25, 0.3) is 0 Å². The van der Waals surface area contributed by atoms with E-state index >= 15 is 0 Å². The lowest BCUT2D eigenvalue weighted by atomic mass is 9.97. The van der Waals surface area contributed by atoms with Gasteiger partial charge in [-0.05, 0) is 35.4 Å². The fourth-order valence-electron chi connectivity index (χ4n) is 2.01. The normalized spacial score (nSPS) is 12.1. The van der Waals surface area contributed by atoms with Crippen molar-refractivity contribution in [3.63, 3.8) is 0 Å². The number of nitrogens with one attached hydrogen (secondary N) is 1. The van der Waals surface area contributed by atoms with Gasteiger partial charge in [-0.1, -0.05) is 37.3 Å². The van der Waals surface area contributed by atoms with E-state index < -0.39 is 0 Å². The van der Waals surface area contributed by atoms with Gasteiger partial charge in [0.05, 0.1) is 6.54 Å². The summed E-state index contributed by atoms with van der Waals surface area (Å²) >= 11 is 1.69. The standard InChI is InChI=1S/C16H19NOS/c1-12-8-9-19-15(12)11-17-16(18)10-13(2)14-6-4-3-5-7-14/h3-9,13H,10-11H2,1-2H3,(H,17,18). The van der Waals surface area contributed by atoms with Gasteiger partial charge in [-0.15, -0.1) is 11.3 Å². The van der Waals surface area contributed by atoms with Crippen LogP contribution < -0.4 is 5.32 Å². The third-order valence-corrected chi connectivity index (χ3v) is 4.30. The predicted octanol–water partition coefficient (Wildman–Crippen LogP) is 3.87. The van der Waals surface area contributed by atoms with Crippen molar-refractivity contribution in [3.8, 4) is 0 Å². The Morgan fingerprint density at radius 2 is 2.00 bits per heavy atom. The van der Waals surface area contributed by atoms with Crippen molar-refractivity contribution in [2.75, 3.05) is 0 Å². The van der Waals surface area contributed by atoms with E-state index in [1.165, 1.54) is 16.0 Å². The lowest BCUT2D eigenvalue weighted by Gasteiger charge is -2.11. The zero-order chi connectivity index (χ0) is 13.7. The molecule has 0 aliphatic heterocycles. The van der Waals surface area contributed by atoms with Crippen LogP contribution in [0.15, 0.2) is 41.8 Å². The average Bonchev–Trinajstić information content (AvgIpc) is 2.83. The molecule has 19 heavy (non-hydrogen) atoms. The van der Waals surface area contributed by atoms with Crippen molar-refractivity contribution in [3.05, 3.63) is 57.8 Å². The molecule has 0 aliphatic rings. The topological polar surface area (TPSA) is 29.1 Å². The number of thiophene rings is 1. The van der Waals surface area contributed by atoms with Crippen LogP contribution in [0.5, 0.6) is 0 Å². The summed E-state index contributed by atoms with van der Waals surface area (Å²) in [5.41, 5.74) is 2.46. The quantitative estimate of drug-likeness (QED) is 0.880. The fourth-order valence-corrected chi connectivity index (χ4v) is 2.86. The number of hydrogen-bond donors (Lipinski definition) is 1. The number of benzene rings is 1. The number of aryl methyl sites for hydroxylation is 1. The van der Waals surface area contributed by atoms with Gasteiger partial charge < -0.3 is 5.32 Å². The Morgan fingerprint density at radius 1 is 1.26 bits per heavy atom. The smallest absolute Gasteiger partial charge is 0.220 e. The van der Waals surface area contributed by atoms with Crippen LogP contribution in [0.1, 0.15) is 35.3 Å². The Hall–Kier alpha value is -1.61. The molecule has 2 nitrogen and oxygen atoms in total. The van der Waals surface area contributed by atoms with E-state index in [1.807, 2.05) is 18.2 Å². The second kappa shape index (κ2) is 6.53. The second-order valence-corrected chi connectivity index (χ2v) is 5.82. The van der Waals surface area contributed by atoms with Gasteiger partial charge in [0.1, 0.15) is 0 Å². The molecular formula is C16H19NOS. The maximum absolute atomic E-state index is 11.9. The van der Waals surface area contributed by atoms with Crippen LogP contribution in [-0.4, -0.2) is 5.91 Å². The van der Waals surface area contributed by atoms with Crippen LogP contribution in [0.3, 0.4) is 0 Å².